The molecule has 1 aromatic carbocycles. The number of fused-ring (bicyclic) bond motifs is 1. The molecule has 4 aromatic rings. The van der Waals surface area contributed by atoms with Crippen LogP contribution < -0.4 is 5.32 Å². The zero-order chi connectivity index (χ0) is 30.5. The van der Waals surface area contributed by atoms with Crippen LogP contribution in [0.3, 0.4) is 0 Å². The molecule has 0 unspecified atom stereocenters. The number of carbonyl (C=O) groups is 3. The largest absolute Gasteiger partial charge is 0.345 e. The number of pyridine rings is 1. The molecule has 0 atom stereocenters. The van der Waals surface area contributed by atoms with E-state index in [0.717, 1.165) is 37.9 Å². The lowest BCUT2D eigenvalue weighted by molar-refractivity contribution is -0.122. The van der Waals surface area contributed by atoms with Gasteiger partial charge in [0.2, 0.25) is 0 Å². The number of carbonyl (C=O) groups excluding carboxylic acids is 3. The fourth-order valence-corrected chi connectivity index (χ4v) is 6.02. The van der Waals surface area contributed by atoms with E-state index in [4.69, 9.17) is 4.55 Å². The van der Waals surface area contributed by atoms with Gasteiger partial charge in [-0.1, -0.05) is 6.07 Å². The molecule has 0 spiro atoms. The van der Waals surface area contributed by atoms with Gasteiger partial charge in [0.25, 0.3) is 21.9 Å². The van der Waals surface area contributed by atoms with Crippen molar-refractivity contribution in [3.8, 4) is 0 Å². The van der Waals surface area contributed by atoms with Gasteiger partial charge in [-0.3, -0.25) is 23.9 Å². The smallest absolute Gasteiger partial charge is 0.320 e. The molecule has 3 aliphatic heterocycles. The van der Waals surface area contributed by atoms with Gasteiger partial charge >= 0.3 is 6.03 Å². The first kappa shape index (κ1) is 28.6. The maximum atomic E-state index is 15.0. The van der Waals surface area contributed by atoms with Gasteiger partial charge < -0.3 is 14.4 Å². The van der Waals surface area contributed by atoms with Crippen LogP contribution in [0.15, 0.2) is 48.9 Å². The number of hydrogen-bond acceptors (Lipinski definition) is 6. The minimum absolute atomic E-state index is 0.0218. The van der Waals surface area contributed by atoms with Crippen molar-refractivity contribution >= 4 is 55.7 Å². The number of imidazole rings is 1. The Bertz CT molecular complexity index is 1930. The predicted octanol–water partition coefficient (Wildman–Crippen LogP) is 2.92. The van der Waals surface area contributed by atoms with E-state index in [1.165, 1.54) is 12.1 Å². The van der Waals surface area contributed by atoms with Crippen LogP contribution in [0.25, 0.3) is 27.7 Å². The number of benzene rings is 1. The van der Waals surface area contributed by atoms with Crippen LogP contribution in [-0.2, 0) is 32.8 Å². The van der Waals surface area contributed by atoms with Crippen LogP contribution in [0.2, 0.25) is 0 Å². The molecule has 1 fully saturated rings. The van der Waals surface area contributed by atoms with Gasteiger partial charge in [-0.2, -0.15) is 8.42 Å². The highest BCUT2D eigenvalue weighted by atomic mass is 32.2. The Morgan fingerprint density at radius 2 is 1.72 bits per heavy atom. The van der Waals surface area contributed by atoms with Crippen LogP contribution in [0.4, 0.5) is 9.18 Å². The molecule has 14 heteroatoms. The standard InChI is InChI=1S/C28H25FN6O3.CH4O3S/c29-18-12-17-15-34(28(38)32-7-3-1-4-8-32)11-10-33-16-20(19(13-18)25(17)33)23-24(27(37)31-26(23)36)21-14-30-22-6-2-5-9-35(21)22;1-5(2,3)4/h2,5-6,9,12-14,16H,1,3-4,7-8,10-11,15H2,(H,31,36,37);1H3,(H,2,3,4). The molecule has 1 saturated heterocycles. The number of imide groups is 1. The first-order valence-corrected chi connectivity index (χ1v) is 15.6. The van der Waals surface area contributed by atoms with E-state index in [9.17, 15) is 22.8 Å². The van der Waals surface area contributed by atoms with Crippen LogP contribution in [0.1, 0.15) is 36.1 Å². The second-order valence-corrected chi connectivity index (χ2v) is 12.3. The first-order chi connectivity index (χ1) is 20.5. The topological polar surface area (TPSA) is 146 Å². The van der Waals surface area contributed by atoms with E-state index in [-0.39, 0.29) is 23.7 Å². The van der Waals surface area contributed by atoms with Crippen molar-refractivity contribution in [1.82, 2.24) is 29.1 Å². The molecule has 7 rings (SSSR count). The van der Waals surface area contributed by atoms with Crippen molar-refractivity contribution in [2.24, 2.45) is 0 Å². The molecule has 3 aromatic heterocycles. The van der Waals surface area contributed by atoms with Crippen LogP contribution in [-0.4, -0.2) is 80.5 Å². The van der Waals surface area contributed by atoms with Gasteiger partial charge in [0.05, 0.1) is 34.8 Å². The second kappa shape index (κ2) is 10.9. The minimum Gasteiger partial charge on any atom is -0.345 e. The molecule has 43 heavy (non-hydrogen) atoms. The highest BCUT2D eigenvalue weighted by Crippen LogP contribution is 2.38. The molecule has 12 nitrogen and oxygen atoms in total. The van der Waals surface area contributed by atoms with Crippen LogP contribution in [0, 0.1) is 5.82 Å². The maximum Gasteiger partial charge on any atom is 0.320 e. The Labute approximate surface area is 246 Å². The van der Waals surface area contributed by atoms with E-state index in [2.05, 4.69) is 10.3 Å². The highest BCUT2D eigenvalue weighted by molar-refractivity contribution is 7.85. The molecule has 3 aliphatic rings. The normalized spacial score (nSPS) is 17.3. The monoisotopic (exact) mass is 608 g/mol. The number of nitrogens with zero attached hydrogens (tertiary/aromatic N) is 5. The van der Waals surface area contributed by atoms with E-state index >= 15 is 4.39 Å². The highest BCUT2D eigenvalue weighted by Gasteiger charge is 2.36. The van der Waals surface area contributed by atoms with Gasteiger partial charge in [0.1, 0.15) is 11.5 Å². The average molecular weight is 609 g/mol. The summed E-state index contributed by atoms with van der Waals surface area (Å²) in [6, 6.07) is 8.33. The number of piperidine rings is 1. The van der Waals surface area contributed by atoms with Crippen molar-refractivity contribution in [2.75, 3.05) is 25.9 Å². The first-order valence-electron chi connectivity index (χ1n) is 13.8. The Morgan fingerprint density at radius 1 is 1.00 bits per heavy atom. The van der Waals surface area contributed by atoms with Crippen molar-refractivity contribution in [3.05, 3.63) is 71.6 Å². The summed E-state index contributed by atoms with van der Waals surface area (Å²) in [5.74, 6) is -1.50. The summed E-state index contributed by atoms with van der Waals surface area (Å²) in [5, 5.41) is 2.96. The van der Waals surface area contributed by atoms with Crippen molar-refractivity contribution < 1.29 is 31.7 Å². The third-order valence-electron chi connectivity index (χ3n) is 7.76. The molecule has 0 radical (unpaired) electrons. The molecule has 0 aliphatic carbocycles. The van der Waals surface area contributed by atoms with Crippen molar-refractivity contribution in [1.29, 1.82) is 0 Å². The van der Waals surface area contributed by atoms with Gasteiger partial charge in [-0.05, 0) is 49.1 Å². The lowest BCUT2D eigenvalue weighted by atomic mass is 9.98. The molecule has 4 amide bonds. The average Bonchev–Trinajstić information content (AvgIpc) is 3.58. The predicted molar refractivity (Wildman–Crippen MR) is 156 cm³/mol. The summed E-state index contributed by atoms with van der Waals surface area (Å²) in [4.78, 5) is 47.5. The third kappa shape index (κ3) is 5.50. The third-order valence-corrected chi connectivity index (χ3v) is 7.76. The summed E-state index contributed by atoms with van der Waals surface area (Å²) in [5.41, 5.74) is 3.47. The number of likely N-dealkylation sites (tertiary alicyclic amines) is 1. The molecule has 6 heterocycles. The maximum absolute atomic E-state index is 15.0. The van der Waals surface area contributed by atoms with Gasteiger partial charge in [-0.25, -0.2) is 14.2 Å². The van der Waals surface area contributed by atoms with Gasteiger partial charge in [0, 0.05) is 56.1 Å². The second-order valence-electron chi connectivity index (χ2n) is 10.8. The molecule has 2 N–H and O–H groups in total. The van der Waals surface area contributed by atoms with Crippen LogP contribution in [0.5, 0.6) is 0 Å². The van der Waals surface area contributed by atoms with E-state index < -0.39 is 27.7 Å². The Balaban J connectivity index is 0.000000611. The number of halogens is 1. The fourth-order valence-electron chi connectivity index (χ4n) is 6.02. The minimum atomic E-state index is -3.67. The van der Waals surface area contributed by atoms with Gasteiger partial charge in [-0.15, -0.1) is 0 Å². The number of hydrogen-bond donors (Lipinski definition) is 2. The van der Waals surface area contributed by atoms with E-state index in [1.54, 1.807) is 27.9 Å². The summed E-state index contributed by atoms with van der Waals surface area (Å²) in [7, 11) is -3.67. The lowest BCUT2D eigenvalue weighted by Gasteiger charge is -2.32. The van der Waals surface area contributed by atoms with E-state index in [0.29, 0.717) is 47.2 Å². The summed E-state index contributed by atoms with van der Waals surface area (Å²) in [6.07, 6.45) is 9.00. The zero-order valence-electron chi connectivity index (χ0n) is 23.3. The lowest BCUT2D eigenvalue weighted by Crippen LogP contribution is -2.45. The quantitative estimate of drug-likeness (QED) is 0.263. The summed E-state index contributed by atoms with van der Waals surface area (Å²) >= 11 is 0. The summed E-state index contributed by atoms with van der Waals surface area (Å²) < 4.78 is 44.6. The number of aromatic nitrogens is 3. The van der Waals surface area contributed by atoms with Crippen molar-refractivity contribution in [3.63, 3.8) is 0 Å². The fraction of sp³-hybridized carbons (Fsp3) is 0.310. The molecule has 0 bridgehead atoms. The number of amides is 4. The van der Waals surface area contributed by atoms with Crippen molar-refractivity contribution in [2.45, 2.75) is 32.4 Å². The number of rotatable bonds is 2. The zero-order valence-corrected chi connectivity index (χ0v) is 24.1. The molecular formula is C29H29FN6O6S. The number of urea groups is 1. The van der Waals surface area contributed by atoms with Crippen LogP contribution >= 0.6 is 0 Å². The Morgan fingerprint density at radius 3 is 2.47 bits per heavy atom. The number of nitrogens with one attached hydrogen (secondary N) is 1. The van der Waals surface area contributed by atoms with Gasteiger partial charge in [0.15, 0.2) is 0 Å². The molecular weight excluding hydrogens is 579 g/mol. The Kier molecular flexibility index (Phi) is 7.26. The Hall–Kier alpha value is -4.56. The SMILES string of the molecule is CS(=O)(=O)O.O=C1NC(=O)C(c2cnc3ccccn23)=C1c1cn2c3c(cc(F)cc13)CN(C(=O)N1CCCCC1)CC2. The van der Waals surface area contributed by atoms with E-state index in [1.807, 2.05) is 27.7 Å². The molecule has 224 valence electrons. The summed E-state index contributed by atoms with van der Waals surface area (Å²) in [6.45, 7) is 2.71. The molecule has 0 saturated carbocycles.